The Morgan fingerprint density at radius 1 is 1.39 bits per heavy atom. The molecule has 2 aliphatic rings. The molecular formula is C15H15N3O3S2. The van der Waals surface area contributed by atoms with Gasteiger partial charge >= 0.3 is 0 Å². The Hall–Kier alpha value is -1.85. The van der Waals surface area contributed by atoms with Crippen molar-refractivity contribution in [1.82, 2.24) is 0 Å². The number of hydrogen-bond acceptors (Lipinski definition) is 5. The Morgan fingerprint density at radius 2 is 2.09 bits per heavy atom. The minimum absolute atomic E-state index is 0.0595. The Kier molecular flexibility index (Phi) is 4.17. The highest BCUT2D eigenvalue weighted by molar-refractivity contribution is 8.16. The van der Waals surface area contributed by atoms with Gasteiger partial charge in [0.05, 0.1) is 23.6 Å². The van der Waals surface area contributed by atoms with Gasteiger partial charge in [0, 0.05) is 10.9 Å². The second-order valence-corrected chi connectivity index (χ2v) is 8.99. The number of hydrogen-bond donors (Lipinski definition) is 0. The van der Waals surface area contributed by atoms with Crippen molar-refractivity contribution in [3.63, 3.8) is 0 Å². The molecule has 2 fully saturated rings. The first kappa shape index (κ1) is 16.0. The molecule has 0 radical (unpaired) electrons. The third-order valence-corrected chi connectivity index (χ3v) is 7.04. The number of amides is 1. The third-order valence-electron chi connectivity index (χ3n) is 3.83. The zero-order chi connectivity index (χ0) is 16.6. The van der Waals surface area contributed by atoms with Crippen LogP contribution in [-0.2, 0) is 14.6 Å². The summed E-state index contributed by atoms with van der Waals surface area (Å²) in [7, 11) is -3.07. The van der Waals surface area contributed by atoms with Gasteiger partial charge in [0.1, 0.15) is 6.42 Å². The number of fused-ring (bicyclic) bond motifs is 1. The van der Waals surface area contributed by atoms with Crippen LogP contribution in [0.5, 0.6) is 0 Å². The Balaban J connectivity index is 1.99. The van der Waals surface area contributed by atoms with Crippen molar-refractivity contribution in [3.8, 4) is 6.07 Å². The van der Waals surface area contributed by atoms with E-state index >= 15 is 0 Å². The van der Waals surface area contributed by atoms with E-state index in [4.69, 9.17) is 5.26 Å². The number of aryl methyl sites for hydroxylation is 1. The quantitative estimate of drug-likeness (QED) is 0.804. The topological polar surface area (TPSA) is 90.6 Å². The van der Waals surface area contributed by atoms with E-state index in [0.29, 0.717) is 5.17 Å². The average molecular weight is 349 g/mol. The molecule has 0 bridgehead atoms. The monoisotopic (exact) mass is 349 g/mol. The van der Waals surface area contributed by atoms with Gasteiger partial charge in [-0.2, -0.15) is 10.3 Å². The van der Waals surface area contributed by atoms with Crippen LogP contribution in [0.2, 0.25) is 0 Å². The van der Waals surface area contributed by atoms with Crippen LogP contribution in [0.4, 0.5) is 5.69 Å². The molecule has 1 aromatic rings. The zero-order valence-corrected chi connectivity index (χ0v) is 14.1. The number of aliphatic imine (C=N–C) groups is 1. The normalized spacial score (nSPS) is 27.0. The molecule has 0 N–H and O–H groups in total. The number of benzene rings is 1. The van der Waals surface area contributed by atoms with E-state index in [1.807, 2.05) is 36.1 Å². The van der Waals surface area contributed by atoms with Gasteiger partial charge in [-0.05, 0) is 19.1 Å². The average Bonchev–Trinajstić information content (AvgIpc) is 2.91. The molecule has 2 atom stereocenters. The lowest BCUT2D eigenvalue weighted by molar-refractivity contribution is -0.116. The number of amidine groups is 1. The molecule has 23 heavy (non-hydrogen) atoms. The number of anilines is 1. The van der Waals surface area contributed by atoms with Crippen molar-refractivity contribution in [1.29, 1.82) is 5.26 Å². The highest BCUT2D eigenvalue weighted by Crippen LogP contribution is 2.40. The predicted molar refractivity (Wildman–Crippen MR) is 90.2 cm³/mol. The van der Waals surface area contributed by atoms with Crippen molar-refractivity contribution in [3.05, 3.63) is 29.8 Å². The SMILES string of the molecule is Cc1ccc(N2C(=NC(=O)CC#N)S[C@H]3CS(=O)(=O)C[C@H]32)cc1. The van der Waals surface area contributed by atoms with Crippen LogP contribution >= 0.6 is 11.8 Å². The maximum Gasteiger partial charge on any atom is 0.262 e. The maximum atomic E-state index is 11.9. The number of rotatable bonds is 2. The second-order valence-electron chi connectivity index (χ2n) is 5.63. The van der Waals surface area contributed by atoms with Crippen molar-refractivity contribution < 1.29 is 13.2 Å². The largest absolute Gasteiger partial charge is 0.316 e. The molecule has 0 aliphatic carbocycles. The van der Waals surface area contributed by atoms with E-state index in [-0.39, 0.29) is 29.2 Å². The lowest BCUT2D eigenvalue weighted by Gasteiger charge is -2.24. The molecular weight excluding hydrogens is 334 g/mol. The van der Waals surface area contributed by atoms with Crippen molar-refractivity contribution in [2.24, 2.45) is 4.99 Å². The molecule has 2 saturated heterocycles. The Morgan fingerprint density at radius 3 is 2.74 bits per heavy atom. The van der Waals surface area contributed by atoms with Gasteiger partial charge in [0.25, 0.3) is 5.91 Å². The van der Waals surface area contributed by atoms with E-state index in [0.717, 1.165) is 11.3 Å². The fourth-order valence-electron chi connectivity index (χ4n) is 2.79. The summed E-state index contributed by atoms with van der Waals surface area (Å²) in [6.07, 6.45) is -0.278. The van der Waals surface area contributed by atoms with E-state index < -0.39 is 15.7 Å². The number of carbonyl (C=O) groups excluding carboxylic acids is 1. The van der Waals surface area contributed by atoms with E-state index in [1.54, 1.807) is 6.07 Å². The zero-order valence-electron chi connectivity index (χ0n) is 12.5. The predicted octanol–water partition coefficient (Wildman–Crippen LogP) is 1.51. The summed E-state index contributed by atoms with van der Waals surface area (Å²) in [5.74, 6) is -0.352. The number of thioether (sulfide) groups is 1. The van der Waals surface area contributed by atoms with Gasteiger partial charge in [-0.25, -0.2) is 8.42 Å². The molecule has 0 aromatic heterocycles. The van der Waals surface area contributed by atoms with Crippen molar-refractivity contribution >= 4 is 38.4 Å². The molecule has 6 nitrogen and oxygen atoms in total. The first-order chi connectivity index (χ1) is 10.9. The fraction of sp³-hybridized carbons (Fsp3) is 0.400. The molecule has 1 aromatic carbocycles. The van der Waals surface area contributed by atoms with E-state index in [1.165, 1.54) is 11.8 Å². The lowest BCUT2D eigenvalue weighted by atomic mass is 10.1. The Bertz CT molecular complexity index is 809. The molecule has 3 rings (SSSR count). The number of sulfone groups is 1. The fourth-order valence-corrected chi connectivity index (χ4v) is 6.72. The highest BCUT2D eigenvalue weighted by atomic mass is 32.2. The van der Waals surface area contributed by atoms with Crippen LogP contribution < -0.4 is 4.90 Å². The lowest BCUT2D eigenvalue weighted by Crippen LogP contribution is -2.37. The standard InChI is InChI=1S/C15H15N3O3S2/c1-10-2-4-11(5-3-10)18-12-8-23(20,21)9-13(12)22-15(18)17-14(19)6-7-16/h2-5,12-13H,6,8-9H2,1H3/t12-,13+/m1/s1. The minimum atomic E-state index is -3.07. The molecule has 2 aliphatic heterocycles. The summed E-state index contributed by atoms with van der Waals surface area (Å²) in [5.41, 5.74) is 1.91. The van der Waals surface area contributed by atoms with Gasteiger partial charge in [-0.15, -0.1) is 0 Å². The van der Waals surface area contributed by atoms with Gasteiger partial charge < -0.3 is 4.90 Å². The molecule has 1 amide bonds. The van der Waals surface area contributed by atoms with Crippen molar-refractivity contribution in [2.75, 3.05) is 16.4 Å². The van der Waals surface area contributed by atoms with Crippen LogP contribution in [0.1, 0.15) is 12.0 Å². The van der Waals surface area contributed by atoms with Crippen LogP contribution in [0.3, 0.4) is 0 Å². The molecule has 0 saturated carbocycles. The van der Waals surface area contributed by atoms with Crippen LogP contribution in [0, 0.1) is 18.3 Å². The number of nitrogens with zero attached hydrogens (tertiary/aromatic N) is 3. The van der Waals surface area contributed by atoms with Gasteiger partial charge in [0.2, 0.25) is 0 Å². The van der Waals surface area contributed by atoms with Gasteiger partial charge in [0.15, 0.2) is 15.0 Å². The number of carbonyl (C=O) groups is 1. The summed E-state index contributed by atoms with van der Waals surface area (Å²) in [6.45, 7) is 1.97. The second kappa shape index (κ2) is 5.98. The number of nitriles is 1. The summed E-state index contributed by atoms with van der Waals surface area (Å²) >= 11 is 1.31. The first-order valence-electron chi connectivity index (χ1n) is 7.11. The summed E-state index contributed by atoms with van der Waals surface area (Å²) < 4.78 is 23.8. The molecule has 0 unspecified atom stereocenters. The van der Waals surface area contributed by atoms with Crippen LogP contribution in [0.25, 0.3) is 0 Å². The van der Waals surface area contributed by atoms with E-state index in [2.05, 4.69) is 4.99 Å². The summed E-state index contributed by atoms with van der Waals surface area (Å²) in [4.78, 5) is 17.6. The third kappa shape index (κ3) is 3.26. The summed E-state index contributed by atoms with van der Waals surface area (Å²) in [5, 5.41) is 8.97. The van der Waals surface area contributed by atoms with Crippen LogP contribution in [-0.4, -0.2) is 42.3 Å². The minimum Gasteiger partial charge on any atom is -0.316 e. The summed E-state index contributed by atoms with van der Waals surface area (Å²) in [6, 6.07) is 9.23. The molecule has 8 heteroatoms. The van der Waals surface area contributed by atoms with Gasteiger partial charge in [-0.1, -0.05) is 29.5 Å². The van der Waals surface area contributed by atoms with E-state index in [9.17, 15) is 13.2 Å². The maximum absolute atomic E-state index is 11.9. The highest BCUT2D eigenvalue weighted by Gasteiger charge is 2.49. The first-order valence-corrected chi connectivity index (χ1v) is 9.81. The molecule has 0 spiro atoms. The molecule has 120 valence electrons. The smallest absolute Gasteiger partial charge is 0.262 e. The van der Waals surface area contributed by atoms with Crippen molar-refractivity contribution in [2.45, 2.75) is 24.6 Å². The Labute approximate surface area is 139 Å². The molecule has 2 heterocycles. The van der Waals surface area contributed by atoms with Crippen LogP contribution in [0.15, 0.2) is 29.3 Å². The van der Waals surface area contributed by atoms with Gasteiger partial charge in [-0.3, -0.25) is 4.79 Å².